The molecule has 0 radical (unpaired) electrons. The number of aromatic nitrogens is 2. The number of hydrogen-bond acceptors (Lipinski definition) is 4. The number of hydrogen-bond donors (Lipinski definition) is 1. The van der Waals surface area contributed by atoms with Gasteiger partial charge in [-0.05, 0) is 37.3 Å². The van der Waals surface area contributed by atoms with Gasteiger partial charge in [-0.2, -0.15) is 5.10 Å². The molecule has 0 fully saturated rings. The van der Waals surface area contributed by atoms with E-state index in [2.05, 4.69) is 5.10 Å². The minimum atomic E-state index is -3.46. The van der Waals surface area contributed by atoms with Gasteiger partial charge in [0.05, 0.1) is 27.7 Å². The van der Waals surface area contributed by atoms with E-state index in [1.807, 2.05) is 13.0 Å². The van der Waals surface area contributed by atoms with Crippen LogP contribution in [0.15, 0.2) is 60.8 Å². The summed E-state index contributed by atoms with van der Waals surface area (Å²) in [5, 5.41) is 13.4. The third-order valence-corrected chi connectivity index (χ3v) is 6.27. The predicted molar refractivity (Wildman–Crippen MR) is 134 cm³/mol. The molecule has 0 spiro atoms. The second kappa shape index (κ2) is 10.1. The van der Waals surface area contributed by atoms with E-state index in [4.69, 9.17) is 16.7 Å². The number of para-hydroxylation sites is 1. The molecule has 1 aromatic heterocycles. The second-order valence-corrected chi connectivity index (χ2v) is 9.05. The average Bonchev–Trinajstić information content (AvgIpc) is 3.24. The lowest BCUT2D eigenvalue weighted by molar-refractivity contribution is -0.141. The van der Waals surface area contributed by atoms with Crippen molar-refractivity contribution in [3.8, 4) is 5.69 Å². The molecule has 1 aliphatic rings. The van der Waals surface area contributed by atoms with E-state index in [0.717, 1.165) is 16.7 Å². The molecule has 2 heterocycles. The maximum Gasteiger partial charge on any atom is 0.323 e. The minimum absolute atomic E-state index is 0.00446. The Morgan fingerprint density at radius 3 is 2.57 bits per heavy atom. The number of likely N-dealkylation sites (N-methyl/N-ethyl adjacent to an activating group) is 1. The molecule has 0 bridgehead atoms. The summed E-state index contributed by atoms with van der Waals surface area (Å²) in [4.78, 5) is 39.1. The SMILES string of the molecule is Cc1ccn(-c2ccc(C(=O)N3CCC(F)(F)/C(=C\C(=O)N(C)CC(=O)O)c4ccccc43)c(Cl)c2)n1. The Kier molecular flexibility index (Phi) is 7.13. The Labute approximate surface area is 216 Å². The number of allylic oxidation sites excluding steroid dienone is 1. The summed E-state index contributed by atoms with van der Waals surface area (Å²) < 4.78 is 32.3. The lowest BCUT2D eigenvalue weighted by Gasteiger charge is -2.23. The number of carbonyl (C=O) groups excluding carboxylic acids is 2. The van der Waals surface area contributed by atoms with Crippen molar-refractivity contribution >= 4 is 40.6 Å². The van der Waals surface area contributed by atoms with E-state index in [1.54, 1.807) is 29.1 Å². The largest absolute Gasteiger partial charge is 0.480 e. The number of aliphatic carboxylic acids is 1. The van der Waals surface area contributed by atoms with Crippen molar-refractivity contribution in [2.45, 2.75) is 19.3 Å². The minimum Gasteiger partial charge on any atom is -0.480 e. The van der Waals surface area contributed by atoms with Crippen LogP contribution in [0.5, 0.6) is 0 Å². The van der Waals surface area contributed by atoms with Gasteiger partial charge in [0, 0.05) is 43.4 Å². The number of rotatable bonds is 5. The van der Waals surface area contributed by atoms with Crippen molar-refractivity contribution in [3.05, 3.63) is 82.6 Å². The van der Waals surface area contributed by atoms with Crippen molar-refractivity contribution < 1.29 is 28.3 Å². The number of anilines is 1. The fourth-order valence-corrected chi connectivity index (χ4v) is 4.33. The lowest BCUT2D eigenvalue weighted by atomic mass is 9.97. The van der Waals surface area contributed by atoms with Crippen molar-refractivity contribution in [1.29, 1.82) is 0 Å². The second-order valence-electron chi connectivity index (χ2n) is 8.64. The molecular weight excluding hydrogens is 506 g/mol. The summed E-state index contributed by atoms with van der Waals surface area (Å²) in [6, 6.07) is 12.6. The highest BCUT2D eigenvalue weighted by Crippen LogP contribution is 2.43. The van der Waals surface area contributed by atoms with Crippen LogP contribution >= 0.6 is 11.6 Å². The Morgan fingerprint density at radius 2 is 1.92 bits per heavy atom. The zero-order valence-corrected chi connectivity index (χ0v) is 20.7. The Morgan fingerprint density at radius 1 is 1.19 bits per heavy atom. The normalized spacial score (nSPS) is 15.7. The summed E-state index contributed by atoms with van der Waals surface area (Å²) in [5.41, 5.74) is 1.15. The highest BCUT2D eigenvalue weighted by atomic mass is 35.5. The van der Waals surface area contributed by atoms with Gasteiger partial charge in [-0.15, -0.1) is 0 Å². The summed E-state index contributed by atoms with van der Waals surface area (Å²) >= 11 is 6.45. The number of nitrogens with zero attached hydrogens (tertiary/aromatic N) is 4. The first-order valence-electron chi connectivity index (χ1n) is 11.3. The van der Waals surface area contributed by atoms with E-state index in [-0.39, 0.29) is 28.4 Å². The van der Waals surface area contributed by atoms with Crippen LogP contribution in [-0.4, -0.2) is 63.6 Å². The standard InChI is InChI=1S/C26H23ClF2N4O4/c1-16-9-11-33(30-16)17-7-8-19(21(27)13-17)25(37)32-12-10-26(28,29)20(18-5-3-4-6-22(18)32)14-23(34)31(2)15-24(35)36/h3-9,11,13-14H,10,12,15H2,1-2H3,(H,35,36)/b20-14-. The monoisotopic (exact) mass is 528 g/mol. The number of aryl methyl sites for hydroxylation is 1. The van der Waals surface area contributed by atoms with Crippen molar-refractivity contribution in [3.63, 3.8) is 0 Å². The van der Waals surface area contributed by atoms with Crippen molar-refractivity contribution in [2.75, 3.05) is 25.0 Å². The molecule has 1 aliphatic heterocycles. The molecule has 4 rings (SSSR count). The molecule has 0 aliphatic carbocycles. The van der Waals surface area contributed by atoms with Gasteiger partial charge in [-0.1, -0.05) is 29.8 Å². The van der Waals surface area contributed by atoms with E-state index in [9.17, 15) is 14.4 Å². The van der Waals surface area contributed by atoms with Gasteiger partial charge in [0.25, 0.3) is 11.8 Å². The van der Waals surface area contributed by atoms with Crippen LogP contribution in [0.3, 0.4) is 0 Å². The summed E-state index contributed by atoms with van der Waals surface area (Å²) in [5.74, 6) is -6.20. The first kappa shape index (κ1) is 26.0. The van der Waals surface area contributed by atoms with E-state index >= 15 is 8.78 Å². The van der Waals surface area contributed by atoms with Crippen LogP contribution in [0.25, 0.3) is 11.3 Å². The van der Waals surface area contributed by atoms with Gasteiger partial charge in [0.2, 0.25) is 5.91 Å². The van der Waals surface area contributed by atoms with Crippen LogP contribution in [0.1, 0.15) is 28.0 Å². The Bertz CT molecular complexity index is 1420. The lowest BCUT2D eigenvalue weighted by Crippen LogP contribution is -2.33. The number of halogens is 3. The number of fused-ring (bicyclic) bond motifs is 1. The first-order valence-corrected chi connectivity index (χ1v) is 11.7. The van der Waals surface area contributed by atoms with Gasteiger partial charge >= 0.3 is 5.97 Å². The molecule has 3 aromatic rings. The molecular formula is C26H23ClF2N4O4. The molecule has 8 nitrogen and oxygen atoms in total. The predicted octanol–water partition coefficient (Wildman–Crippen LogP) is 4.45. The van der Waals surface area contributed by atoms with Crippen LogP contribution in [0.4, 0.5) is 14.5 Å². The number of amides is 2. The highest BCUT2D eigenvalue weighted by molar-refractivity contribution is 6.34. The molecule has 11 heteroatoms. The number of carboxylic acids is 1. The zero-order valence-electron chi connectivity index (χ0n) is 20.0. The molecule has 0 saturated carbocycles. The Balaban J connectivity index is 1.73. The summed E-state index contributed by atoms with van der Waals surface area (Å²) in [6.45, 7) is 0.853. The summed E-state index contributed by atoms with van der Waals surface area (Å²) in [6.07, 6.45) is 1.74. The number of alkyl halides is 2. The molecule has 1 N–H and O–H groups in total. The third-order valence-electron chi connectivity index (χ3n) is 5.96. The van der Waals surface area contributed by atoms with Gasteiger partial charge in [-0.3, -0.25) is 14.4 Å². The molecule has 192 valence electrons. The maximum absolute atomic E-state index is 15.3. The fourth-order valence-electron chi connectivity index (χ4n) is 4.07. The average molecular weight is 529 g/mol. The van der Waals surface area contributed by atoms with Crippen LogP contribution in [0.2, 0.25) is 5.02 Å². The van der Waals surface area contributed by atoms with Crippen LogP contribution in [-0.2, 0) is 9.59 Å². The molecule has 2 amide bonds. The maximum atomic E-state index is 15.3. The quantitative estimate of drug-likeness (QED) is 0.494. The van der Waals surface area contributed by atoms with Crippen LogP contribution in [0, 0.1) is 6.92 Å². The third kappa shape index (κ3) is 5.39. The topological polar surface area (TPSA) is 95.7 Å². The summed E-state index contributed by atoms with van der Waals surface area (Å²) in [7, 11) is 1.21. The van der Waals surface area contributed by atoms with E-state index in [1.165, 1.54) is 36.2 Å². The molecule has 37 heavy (non-hydrogen) atoms. The molecule has 0 atom stereocenters. The van der Waals surface area contributed by atoms with E-state index in [0.29, 0.717) is 5.69 Å². The zero-order chi connectivity index (χ0) is 26.9. The van der Waals surface area contributed by atoms with Gasteiger partial charge in [0.1, 0.15) is 6.54 Å². The molecule has 0 saturated heterocycles. The smallest absolute Gasteiger partial charge is 0.323 e. The molecule has 2 aromatic carbocycles. The Hall–Kier alpha value is -4.05. The highest BCUT2D eigenvalue weighted by Gasteiger charge is 2.41. The molecule has 0 unspecified atom stereocenters. The van der Waals surface area contributed by atoms with Gasteiger partial charge < -0.3 is 14.9 Å². The number of carbonyl (C=O) groups is 3. The van der Waals surface area contributed by atoms with E-state index < -0.39 is 42.2 Å². The van der Waals surface area contributed by atoms with Crippen molar-refractivity contribution in [1.82, 2.24) is 14.7 Å². The van der Waals surface area contributed by atoms with Gasteiger partial charge in [-0.25, -0.2) is 13.5 Å². The number of benzene rings is 2. The number of carboxylic acid groups (broad SMARTS) is 1. The van der Waals surface area contributed by atoms with Crippen molar-refractivity contribution in [2.24, 2.45) is 0 Å². The first-order chi connectivity index (χ1) is 17.5. The fraction of sp³-hybridized carbons (Fsp3) is 0.231. The van der Waals surface area contributed by atoms with Crippen LogP contribution < -0.4 is 4.90 Å². The van der Waals surface area contributed by atoms with Gasteiger partial charge in [0.15, 0.2) is 0 Å².